The predicted molar refractivity (Wildman–Crippen MR) is 104 cm³/mol. The number of hydrogen-bond acceptors (Lipinski definition) is 3. The molecule has 5 heteroatoms. The van der Waals surface area contributed by atoms with Gasteiger partial charge >= 0.3 is 0 Å². The Morgan fingerprint density at radius 3 is 2.56 bits per heavy atom. The van der Waals surface area contributed by atoms with E-state index in [0.29, 0.717) is 18.0 Å². The lowest BCUT2D eigenvalue weighted by molar-refractivity contribution is 0.401. The third-order valence-electron chi connectivity index (χ3n) is 5.97. The minimum atomic E-state index is 0.614. The van der Waals surface area contributed by atoms with Gasteiger partial charge in [-0.3, -0.25) is 9.67 Å². The molecule has 0 N–H and O–H groups in total. The van der Waals surface area contributed by atoms with Gasteiger partial charge in [0, 0.05) is 58.7 Å². The quantitative estimate of drug-likeness (QED) is 0.632. The predicted octanol–water partition coefficient (Wildman–Crippen LogP) is 4.65. The zero-order valence-electron chi connectivity index (χ0n) is 14.3. The Morgan fingerprint density at radius 1 is 1.04 bits per heavy atom. The number of aromatic nitrogens is 3. The summed E-state index contributed by atoms with van der Waals surface area (Å²) in [5.41, 5.74) is 3.81. The zero-order chi connectivity index (χ0) is 17.0. The van der Waals surface area contributed by atoms with Crippen LogP contribution in [0, 0.1) is 0 Å². The number of pyridine rings is 1. The van der Waals surface area contributed by atoms with E-state index in [-0.39, 0.29) is 0 Å². The van der Waals surface area contributed by atoms with Crippen molar-refractivity contribution in [2.45, 2.75) is 43.7 Å². The van der Waals surface area contributed by atoms with Crippen LogP contribution in [0.4, 0.5) is 5.69 Å². The third-order valence-corrected chi connectivity index (χ3v) is 6.46. The van der Waals surface area contributed by atoms with Crippen molar-refractivity contribution in [3.63, 3.8) is 0 Å². The number of benzene rings is 1. The fraction of sp³-hybridized carbons (Fsp3) is 0.400. The van der Waals surface area contributed by atoms with Gasteiger partial charge in [0.2, 0.25) is 0 Å². The summed E-state index contributed by atoms with van der Waals surface area (Å²) in [4.78, 5) is 7.24. The lowest BCUT2D eigenvalue weighted by Crippen LogP contribution is -2.42. The molecule has 1 aromatic carbocycles. The van der Waals surface area contributed by atoms with Gasteiger partial charge in [-0.2, -0.15) is 5.10 Å². The molecule has 0 amide bonds. The number of halogens is 1. The molecule has 2 saturated heterocycles. The van der Waals surface area contributed by atoms with Crippen molar-refractivity contribution in [3.8, 4) is 0 Å². The molecule has 0 saturated carbocycles. The van der Waals surface area contributed by atoms with Crippen LogP contribution in [0.15, 0.2) is 47.2 Å². The van der Waals surface area contributed by atoms with E-state index >= 15 is 0 Å². The van der Waals surface area contributed by atoms with Gasteiger partial charge in [-0.15, -0.1) is 0 Å². The van der Waals surface area contributed by atoms with Crippen LogP contribution in [0.1, 0.15) is 37.3 Å². The van der Waals surface area contributed by atoms with E-state index < -0.39 is 0 Å². The average molecular weight is 397 g/mol. The molecule has 1 unspecified atom stereocenters. The maximum absolute atomic E-state index is 4.56. The molecule has 4 heterocycles. The van der Waals surface area contributed by atoms with Crippen LogP contribution in [-0.2, 0) is 7.05 Å². The van der Waals surface area contributed by atoms with Gasteiger partial charge in [-0.25, -0.2) is 0 Å². The van der Waals surface area contributed by atoms with Crippen molar-refractivity contribution in [2.24, 2.45) is 7.05 Å². The first-order valence-electron chi connectivity index (χ1n) is 9.01. The minimum Gasteiger partial charge on any atom is -0.365 e. The molecule has 4 nitrogen and oxygen atoms in total. The summed E-state index contributed by atoms with van der Waals surface area (Å²) in [5.74, 6) is 0.626. The van der Waals surface area contributed by atoms with Gasteiger partial charge in [-0.05, 0) is 56.0 Å². The Balaban J connectivity index is 1.53. The van der Waals surface area contributed by atoms with Crippen molar-refractivity contribution in [1.82, 2.24) is 14.8 Å². The van der Waals surface area contributed by atoms with Crippen molar-refractivity contribution < 1.29 is 0 Å². The number of hydrogen-bond donors (Lipinski definition) is 0. The van der Waals surface area contributed by atoms with Gasteiger partial charge < -0.3 is 4.90 Å². The van der Waals surface area contributed by atoms with Crippen LogP contribution in [-0.4, -0.2) is 26.8 Å². The minimum absolute atomic E-state index is 0.614. The topological polar surface area (TPSA) is 34.0 Å². The van der Waals surface area contributed by atoms with E-state index in [2.05, 4.69) is 73.0 Å². The highest BCUT2D eigenvalue weighted by molar-refractivity contribution is 9.10. The first kappa shape index (κ1) is 15.4. The average Bonchev–Trinajstić information content (AvgIpc) is 3.15. The maximum atomic E-state index is 4.56. The van der Waals surface area contributed by atoms with Gasteiger partial charge in [0.15, 0.2) is 0 Å². The lowest BCUT2D eigenvalue weighted by atomic mass is 9.87. The van der Waals surface area contributed by atoms with Crippen LogP contribution < -0.4 is 4.90 Å². The van der Waals surface area contributed by atoms with E-state index in [4.69, 9.17) is 0 Å². The Morgan fingerprint density at radius 2 is 1.84 bits per heavy atom. The smallest absolute Gasteiger partial charge is 0.0723 e. The molecule has 0 aliphatic carbocycles. The Hall–Kier alpha value is -1.88. The fourth-order valence-electron chi connectivity index (χ4n) is 4.93. The summed E-state index contributed by atoms with van der Waals surface area (Å²) in [6, 6.07) is 12.0. The Labute approximate surface area is 156 Å². The first-order chi connectivity index (χ1) is 12.2. The molecule has 2 aliphatic heterocycles. The summed E-state index contributed by atoms with van der Waals surface area (Å²) in [5, 5.41) is 5.64. The largest absolute Gasteiger partial charge is 0.365 e. The molecule has 0 radical (unpaired) electrons. The monoisotopic (exact) mass is 396 g/mol. The Kier molecular flexibility index (Phi) is 3.59. The van der Waals surface area contributed by atoms with Crippen LogP contribution in [0.2, 0.25) is 0 Å². The van der Waals surface area contributed by atoms with Crippen LogP contribution in [0.5, 0.6) is 0 Å². The molecule has 2 bridgehead atoms. The lowest BCUT2D eigenvalue weighted by Gasteiger charge is -2.41. The van der Waals surface area contributed by atoms with E-state index in [1.54, 1.807) is 0 Å². The van der Waals surface area contributed by atoms with E-state index in [0.717, 1.165) is 9.99 Å². The number of rotatable bonds is 2. The molecule has 5 rings (SSSR count). The van der Waals surface area contributed by atoms with Crippen molar-refractivity contribution in [2.75, 3.05) is 4.90 Å². The summed E-state index contributed by atoms with van der Waals surface area (Å²) < 4.78 is 3.17. The SMILES string of the molecule is Cn1nccc1C1C[C@H]2CC[C@@H](C1)N2c1ccnc2ccc(Br)cc12. The molecule has 3 aromatic rings. The standard InChI is InChI=1S/C20H21BrN4/c1-24-19(7-9-23-24)13-10-15-3-4-16(11-13)25(15)20-6-8-22-18-5-2-14(21)12-17(18)20/h2,5-9,12-13,15-16H,3-4,10-11H2,1H3/t13?,15-,16+. The number of nitrogens with zero attached hydrogens (tertiary/aromatic N) is 4. The Bertz CT molecular complexity index is 920. The highest BCUT2D eigenvalue weighted by atomic mass is 79.9. The van der Waals surface area contributed by atoms with Crippen molar-refractivity contribution >= 4 is 32.5 Å². The van der Waals surface area contributed by atoms with Gasteiger partial charge in [0.05, 0.1) is 5.52 Å². The second-order valence-electron chi connectivity index (χ2n) is 7.33. The highest BCUT2D eigenvalue weighted by Gasteiger charge is 2.42. The normalized spacial score (nSPS) is 25.7. The second-order valence-corrected chi connectivity index (χ2v) is 8.25. The number of fused-ring (bicyclic) bond motifs is 3. The number of piperidine rings is 1. The summed E-state index contributed by atoms with van der Waals surface area (Å²) in [6.45, 7) is 0. The van der Waals surface area contributed by atoms with Gasteiger partial charge in [0.1, 0.15) is 0 Å². The fourth-order valence-corrected chi connectivity index (χ4v) is 5.29. The molecule has 2 aliphatic rings. The van der Waals surface area contributed by atoms with Crippen molar-refractivity contribution in [1.29, 1.82) is 0 Å². The maximum Gasteiger partial charge on any atom is 0.0723 e. The first-order valence-corrected chi connectivity index (χ1v) is 9.80. The van der Waals surface area contributed by atoms with E-state index in [1.165, 1.54) is 42.5 Å². The summed E-state index contributed by atoms with van der Waals surface area (Å²) >= 11 is 3.62. The molecular formula is C20H21BrN4. The number of aryl methyl sites for hydroxylation is 1. The molecule has 0 spiro atoms. The number of anilines is 1. The molecule has 3 atom stereocenters. The highest BCUT2D eigenvalue weighted by Crippen LogP contribution is 2.46. The van der Waals surface area contributed by atoms with Gasteiger partial charge in [0.25, 0.3) is 0 Å². The molecule has 128 valence electrons. The third kappa shape index (κ3) is 2.48. The molecule has 2 fully saturated rings. The van der Waals surface area contributed by atoms with Crippen LogP contribution in [0.25, 0.3) is 10.9 Å². The van der Waals surface area contributed by atoms with Crippen LogP contribution in [0.3, 0.4) is 0 Å². The van der Waals surface area contributed by atoms with E-state index in [9.17, 15) is 0 Å². The summed E-state index contributed by atoms with van der Waals surface area (Å²) in [7, 11) is 2.07. The second kappa shape index (κ2) is 5.84. The molecular weight excluding hydrogens is 376 g/mol. The van der Waals surface area contributed by atoms with E-state index in [1.807, 2.05) is 12.4 Å². The molecule has 2 aromatic heterocycles. The van der Waals surface area contributed by atoms with Gasteiger partial charge in [-0.1, -0.05) is 15.9 Å². The van der Waals surface area contributed by atoms with Crippen LogP contribution >= 0.6 is 15.9 Å². The molecule has 25 heavy (non-hydrogen) atoms. The van der Waals surface area contributed by atoms with Crippen molar-refractivity contribution in [3.05, 3.63) is 52.9 Å². The summed E-state index contributed by atoms with van der Waals surface area (Å²) in [6.07, 6.45) is 8.89. The zero-order valence-corrected chi connectivity index (χ0v) is 15.9.